The largest absolute Gasteiger partial charge is 0.394 e. The summed E-state index contributed by atoms with van der Waals surface area (Å²) in [6.45, 7) is -4.46. The van der Waals surface area contributed by atoms with Crippen LogP contribution in [0.5, 0.6) is 0 Å². The maximum Gasteiger partial charge on any atom is 0.217 e. The third kappa shape index (κ3) is 22.9. The van der Waals surface area contributed by atoms with Crippen LogP contribution in [0.3, 0.4) is 0 Å². The van der Waals surface area contributed by atoms with Gasteiger partial charge in [-0.15, -0.1) is 0 Å². The van der Waals surface area contributed by atoms with Crippen LogP contribution >= 0.6 is 0 Å². The maximum absolute atomic E-state index is 13.5. The highest BCUT2D eigenvalue weighted by molar-refractivity contribution is 5.75. The zero-order chi connectivity index (χ0) is 92.1. The van der Waals surface area contributed by atoms with Crippen LogP contribution in [-0.4, -0.2) is 529 Å². The van der Waals surface area contributed by atoms with Gasteiger partial charge in [0, 0.05) is 34.6 Å². The predicted molar refractivity (Wildman–Crippen MR) is 386 cm³/mol. The molecule has 10 aliphatic heterocycles. The predicted octanol–water partition coefficient (Wildman–Crippen LogP) is -21.1. The standard InChI is InChI=1S/C70H117N5O50/c1-16-36(89)46(99)49(102)66(108-16)122-57-35(75-21(6)88)65(115-29(14-83)56(57)121-67-50(103)47(100)39(92)24(9-78)112-67)124-59-48(101)40(93)25(10-79)113-69(59)107-15-30-41(94)58(52(105)68(117-30)120-54-27(12-81)114-64(34(45(54)98)74-20(5)87)118-53-26(11-80)109-61(106)31(44(53)97)71-17(2)84)123-70-60(125-63-33(73-19(4)86)43(96)38(91)23(8-77)111-63)51(104)55(28(13-82)116-70)119-62-32(72-18(3)85)42(95)37(90)22(7-76)110-62/h16,22-70,76-83,89-106H,7-15H2,1-6H3,(H,71,84)(H,72,85)(H,73,86)(H,74,87)(H,75,88)/t16-,22+,23+,24+,25+,26+,27+,28+,29+,30+,31+,32+,33+,34+,35+,36+,37+,38+,39-,40+,41+,42+,43+,44+,45+,46+,47-,48-,49-,50+,51-,52-,53+,54+,55+,56+,57+,58-,59-,60-,61+,62-,63-,64-,65-,66-,67-,68-,69-,70+/m0/s1. The van der Waals surface area contributed by atoms with Crippen molar-refractivity contribution in [3.8, 4) is 0 Å². The van der Waals surface area contributed by atoms with Crippen molar-refractivity contribution in [2.45, 2.75) is 348 Å². The quantitative estimate of drug-likeness (QED) is 0.0297. The molecule has 0 saturated carbocycles. The Morgan fingerprint density at radius 3 is 0.976 bits per heavy atom. The molecule has 10 fully saturated rings. The summed E-state index contributed by atoms with van der Waals surface area (Å²) in [5.41, 5.74) is 0. The average Bonchev–Trinajstić information content (AvgIpc) is 0.762. The Kier molecular flexibility index (Phi) is 36.8. The fourth-order valence-corrected chi connectivity index (χ4v) is 16.3. The normalized spacial score (nSPS) is 48.7. The molecule has 0 unspecified atom stereocenters. The lowest BCUT2D eigenvalue weighted by Crippen LogP contribution is -2.71. The number of hydrogen-bond acceptors (Lipinski definition) is 50. The zero-order valence-electron chi connectivity index (χ0n) is 67.7. The molecule has 125 heavy (non-hydrogen) atoms. The molecule has 10 aliphatic rings. The smallest absolute Gasteiger partial charge is 0.217 e. The van der Waals surface area contributed by atoms with Crippen LogP contribution in [0.15, 0.2) is 0 Å². The van der Waals surface area contributed by atoms with Gasteiger partial charge >= 0.3 is 0 Å². The molecule has 0 aliphatic carbocycles. The highest BCUT2D eigenvalue weighted by atomic mass is 16.8. The van der Waals surface area contributed by atoms with E-state index in [9.17, 15) is 157 Å². The molecule has 5 amide bonds. The van der Waals surface area contributed by atoms with Gasteiger partial charge in [-0.2, -0.15) is 0 Å². The number of carbonyl (C=O) groups is 5. The number of rotatable bonds is 32. The number of aliphatic hydroxyl groups excluding tert-OH is 26. The monoisotopic (exact) mass is 1830 g/mol. The van der Waals surface area contributed by atoms with Crippen molar-refractivity contribution in [2.75, 3.05) is 59.5 Å². The number of ether oxygens (including phenoxy) is 19. The van der Waals surface area contributed by atoms with E-state index < -0.39 is 396 Å². The highest BCUT2D eigenvalue weighted by Gasteiger charge is 2.63. The van der Waals surface area contributed by atoms with Gasteiger partial charge in [0.2, 0.25) is 29.5 Å². The Morgan fingerprint density at radius 1 is 0.224 bits per heavy atom. The topological polar surface area (TPSA) is 847 Å². The first-order chi connectivity index (χ1) is 59.1. The molecule has 10 heterocycles. The molecular formula is C70H117N5O50. The van der Waals surface area contributed by atoms with Crippen molar-refractivity contribution in [3.05, 3.63) is 0 Å². The van der Waals surface area contributed by atoms with Gasteiger partial charge in [-0.05, 0) is 6.92 Å². The molecule has 0 aromatic carbocycles. The van der Waals surface area contributed by atoms with E-state index >= 15 is 0 Å². The van der Waals surface area contributed by atoms with E-state index in [-0.39, 0.29) is 0 Å². The van der Waals surface area contributed by atoms with E-state index in [0.717, 1.165) is 34.6 Å². The highest BCUT2D eigenvalue weighted by Crippen LogP contribution is 2.42. The summed E-state index contributed by atoms with van der Waals surface area (Å²) in [5, 5.41) is 305. The molecule has 722 valence electrons. The summed E-state index contributed by atoms with van der Waals surface area (Å²) in [6, 6.07) is -9.43. The molecule has 10 rings (SSSR count). The molecule has 31 N–H and O–H groups in total. The average molecular weight is 1830 g/mol. The van der Waals surface area contributed by atoms with Crippen molar-refractivity contribution < 1.29 is 247 Å². The summed E-state index contributed by atoms with van der Waals surface area (Å²) >= 11 is 0. The van der Waals surface area contributed by atoms with Crippen LogP contribution in [0, 0.1) is 0 Å². The minimum absolute atomic E-state index is 0.809. The second-order valence-electron chi connectivity index (χ2n) is 31.7. The first-order valence-corrected chi connectivity index (χ1v) is 40.0. The maximum atomic E-state index is 13.5. The third-order valence-electron chi connectivity index (χ3n) is 22.8. The SMILES string of the molecule is CC(=O)N[C@@H]1[C@@H](O)[C@H](O[C@@H]2O[C@H](CO)[C@@H](O[C@@H]3O[C@H](CO[C@H]4O[C@H](CO)[C@@H](O)[C@H](O)[C@@H]4O[C@@H]4O[C@H](CO)[C@@H](O[C@@H]5O[C@H](CO)[C@H](O)[C@H](O)[C@H]5O)[C@H](O[C@@H]5O[C@@H](C)[C@@H](O)[C@@H](O)[C@@H]5O)[C@H]4NC(C)=O)[C@@H](O)[C@H](O[C@H]4O[C@H](CO)[C@@H](O[C@@H]5O[C@H](CO)[C@@H](O)[C@H](O)[C@H]5NC(C)=O)[C@H](O)[C@@H]4O[C@@H]4O[C@H](CO)[C@@H](O)[C@H](O)[C@H]4NC(C)=O)[C@@H]3O)[C@H](O)[C@H]2NC(C)=O)[C@@H](CO)O[C@H]1O. The van der Waals surface area contributed by atoms with Gasteiger partial charge in [0.15, 0.2) is 62.9 Å². The third-order valence-corrected chi connectivity index (χ3v) is 22.8. The summed E-state index contributed by atoms with van der Waals surface area (Å²) in [7, 11) is 0. The summed E-state index contributed by atoms with van der Waals surface area (Å²) < 4.78 is 115. The van der Waals surface area contributed by atoms with Gasteiger partial charge < -0.3 is 249 Å². The van der Waals surface area contributed by atoms with E-state index in [4.69, 9.17) is 90.0 Å². The molecule has 10 saturated heterocycles. The summed E-state index contributed by atoms with van der Waals surface area (Å²) in [4.78, 5) is 64.4. The van der Waals surface area contributed by atoms with Crippen LogP contribution in [-0.2, 0) is 114 Å². The van der Waals surface area contributed by atoms with E-state index in [0.29, 0.717) is 0 Å². The van der Waals surface area contributed by atoms with Crippen molar-refractivity contribution >= 4 is 29.5 Å². The number of amides is 5. The summed E-state index contributed by atoms with van der Waals surface area (Å²) in [5.74, 6) is -4.63. The molecule has 50 atom stereocenters. The molecule has 0 aromatic heterocycles. The van der Waals surface area contributed by atoms with Crippen molar-refractivity contribution in [1.29, 1.82) is 0 Å². The lowest BCUT2D eigenvalue weighted by molar-refractivity contribution is -0.404. The van der Waals surface area contributed by atoms with E-state index in [2.05, 4.69) is 26.6 Å². The van der Waals surface area contributed by atoms with Crippen molar-refractivity contribution in [1.82, 2.24) is 26.6 Å². The second kappa shape index (κ2) is 44.9. The van der Waals surface area contributed by atoms with Gasteiger partial charge in [-0.1, -0.05) is 0 Å². The van der Waals surface area contributed by atoms with Crippen LogP contribution in [0.1, 0.15) is 41.5 Å². The van der Waals surface area contributed by atoms with Gasteiger partial charge in [0.25, 0.3) is 0 Å². The van der Waals surface area contributed by atoms with Gasteiger partial charge in [-0.25, -0.2) is 0 Å². The van der Waals surface area contributed by atoms with Crippen LogP contribution < -0.4 is 26.6 Å². The second-order valence-corrected chi connectivity index (χ2v) is 31.7. The van der Waals surface area contributed by atoms with E-state index in [1.165, 1.54) is 6.92 Å². The van der Waals surface area contributed by atoms with Crippen LogP contribution in [0.4, 0.5) is 0 Å². The van der Waals surface area contributed by atoms with Gasteiger partial charge in [0.05, 0.1) is 65.6 Å². The number of hydrogen-bond donors (Lipinski definition) is 31. The Bertz CT molecular complexity index is 3420. The Labute approximate surface area is 708 Å². The lowest BCUT2D eigenvalue weighted by Gasteiger charge is -2.52. The zero-order valence-corrected chi connectivity index (χ0v) is 67.7. The van der Waals surface area contributed by atoms with E-state index in [1.807, 2.05) is 0 Å². The van der Waals surface area contributed by atoms with Crippen LogP contribution in [0.2, 0.25) is 0 Å². The van der Waals surface area contributed by atoms with E-state index in [1.54, 1.807) is 0 Å². The molecule has 0 spiro atoms. The van der Waals surface area contributed by atoms with Gasteiger partial charge in [-0.3, -0.25) is 24.0 Å². The molecule has 55 heteroatoms. The molecule has 0 radical (unpaired) electrons. The Balaban J connectivity index is 1.05. The van der Waals surface area contributed by atoms with Crippen LogP contribution in [0.25, 0.3) is 0 Å². The number of carbonyl (C=O) groups excluding carboxylic acids is 5. The Morgan fingerprint density at radius 2 is 0.512 bits per heavy atom. The minimum Gasteiger partial charge on any atom is -0.394 e. The molecule has 55 nitrogen and oxygen atoms in total. The summed E-state index contributed by atoms with van der Waals surface area (Å²) in [6.07, 6.45) is -95.7. The fourth-order valence-electron chi connectivity index (χ4n) is 16.3. The van der Waals surface area contributed by atoms with Crippen molar-refractivity contribution in [2.24, 2.45) is 0 Å². The molecule has 0 aromatic rings. The first kappa shape index (κ1) is 103. The number of aliphatic hydroxyl groups is 26. The Hall–Kier alpha value is -4.45. The van der Waals surface area contributed by atoms with Gasteiger partial charge in [0.1, 0.15) is 238 Å². The fraction of sp³-hybridized carbons (Fsp3) is 0.929. The number of nitrogens with one attached hydrogen (secondary N) is 5. The molecule has 0 bridgehead atoms. The first-order valence-electron chi connectivity index (χ1n) is 40.0. The lowest BCUT2D eigenvalue weighted by atomic mass is 9.93. The van der Waals surface area contributed by atoms with Crippen molar-refractivity contribution in [3.63, 3.8) is 0 Å². The minimum atomic E-state index is -2.67. The molecular weight excluding hydrogens is 1710 g/mol.